The van der Waals surface area contributed by atoms with Crippen LogP contribution in [0.25, 0.3) is 0 Å². The number of carbonyl (C=O) groups is 3. The van der Waals surface area contributed by atoms with E-state index in [4.69, 9.17) is 9.47 Å². The van der Waals surface area contributed by atoms with Crippen molar-refractivity contribution in [3.63, 3.8) is 0 Å². The molecule has 1 aliphatic rings. The van der Waals surface area contributed by atoms with E-state index in [1.54, 1.807) is 37.4 Å². The van der Waals surface area contributed by atoms with Gasteiger partial charge in [0, 0.05) is 31.1 Å². The Balaban J connectivity index is 1.47. The van der Waals surface area contributed by atoms with Crippen LogP contribution in [-0.4, -0.2) is 49.3 Å². The van der Waals surface area contributed by atoms with Gasteiger partial charge in [0.1, 0.15) is 13.2 Å². The fourth-order valence-electron chi connectivity index (χ4n) is 2.80. The lowest BCUT2D eigenvalue weighted by atomic mass is 10.1. The molecule has 3 rings (SSSR count). The molecule has 1 N–H and O–H groups in total. The predicted octanol–water partition coefficient (Wildman–Crippen LogP) is 2.52. The van der Waals surface area contributed by atoms with E-state index in [9.17, 15) is 14.4 Å². The number of nitrogens with one attached hydrogen (secondary N) is 1. The van der Waals surface area contributed by atoms with Gasteiger partial charge in [0.25, 0.3) is 0 Å². The fourth-order valence-corrected chi connectivity index (χ4v) is 2.80. The number of ketones is 1. The third-order valence-electron chi connectivity index (χ3n) is 4.29. The molecule has 0 radical (unpaired) electrons. The molecule has 7 nitrogen and oxygen atoms in total. The maximum Gasteiger partial charge on any atom is 0.243 e. The van der Waals surface area contributed by atoms with Crippen LogP contribution in [0, 0.1) is 0 Å². The molecule has 1 aliphatic heterocycles. The van der Waals surface area contributed by atoms with E-state index in [2.05, 4.69) is 5.32 Å². The third kappa shape index (κ3) is 5.09. The molecule has 0 aliphatic carbocycles. The summed E-state index contributed by atoms with van der Waals surface area (Å²) in [5, 5.41) is 2.72. The second-order valence-corrected chi connectivity index (χ2v) is 6.45. The smallest absolute Gasteiger partial charge is 0.243 e. The summed E-state index contributed by atoms with van der Waals surface area (Å²) in [7, 11) is 1.54. The first-order valence-electron chi connectivity index (χ1n) is 9.04. The number of fused-ring (bicyclic) bond motifs is 1. The molecule has 0 bridgehead atoms. The maximum atomic E-state index is 12.4. The van der Waals surface area contributed by atoms with E-state index in [1.807, 2.05) is 18.2 Å². The van der Waals surface area contributed by atoms with Crippen LogP contribution in [0.1, 0.15) is 23.2 Å². The summed E-state index contributed by atoms with van der Waals surface area (Å²) in [6.45, 7) is 0.851. The van der Waals surface area contributed by atoms with Gasteiger partial charge in [0.15, 0.2) is 17.3 Å². The second-order valence-electron chi connectivity index (χ2n) is 6.45. The van der Waals surface area contributed by atoms with Gasteiger partial charge in [0.2, 0.25) is 11.8 Å². The molecule has 7 heteroatoms. The summed E-state index contributed by atoms with van der Waals surface area (Å²) in [6.07, 6.45) is 0.0888. The number of likely N-dealkylation sites (N-methyl/N-ethyl adjacent to an activating group) is 1. The fraction of sp³-hybridized carbons (Fsp3) is 0.286. The van der Waals surface area contributed by atoms with Gasteiger partial charge < -0.3 is 19.7 Å². The zero-order chi connectivity index (χ0) is 19.9. The molecule has 146 valence electrons. The first-order valence-corrected chi connectivity index (χ1v) is 9.04. The Hall–Kier alpha value is -3.35. The SMILES string of the molecule is CN(CC(=O)Nc1ccccc1)C(=O)CCC(=O)c1ccc2c(c1)OCCO2. The third-order valence-corrected chi connectivity index (χ3v) is 4.29. The average molecular weight is 382 g/mol. The van der Waals surface area contributed by atoms with Gasteiger partial charge in [-0.15, -0.1) is 0 Å². The number of Topliss-reactive ketones (excluding diaryl/α,β-unsaturated/α-hetero) is 1. The average Bonchev–Trinajstić information content (AvgIpc) is 2.71. The molecular formula is C21H22N2O5. The first-order chi connectivity index (χ1) is 13.5. The molecule has 1 heterocycles. The van der Waals surface area contributed by atoms with Crippen molar-refractivity contribution < 1.29 is 23.9 Å². The van der Waals surface area contributed by atoms with E-state index in [0.29, 0.717) is 36.0 Å². The van der Waals surface area contributed by atoms with E-state index in [1.165, 1.54) is 4.90 Å². The molecule has 0 spiro atoms. The van der Waals surface area contributed by atoms with E-state index in [-0.39, 0.29) is 37.0 Å². The Morgan fingerprint density at radius 2 is 1.68 bits per heavy atom. The van der Waals surface area contributed by atoms with Crippen molar-refractivity contribution in [3.8, 4) is 11.5 Å². The standard InChI is InChI=1S/C21H22N2O5/c1-23(14-20(25)22-16-5-3-2-4-6-16)21(26)10-8-17(24)15-7-9-18-19(13-15)28-12-11-27-18/h2-7,9,13H,8,10-12,14H2,1H3,(H,22,25). The molecule has 2 aromatic carbocycles. The predicted molar refractivity (Wildman–Crippen MR) is 104 cm³/mol. The summed E-state index contributed by atoms with van der Waals surface area (Å²) in [5.74, 6) is 0.433. The number of amides is 2. The van der Waals surface area contributed by atoms with Crippen LogP contribution in [0.15, 0.2) is 48.5 Å². The molecule has 0 aromatic heterocycles. The quantitative estimate of drug-likeness (QED) is 0.744. The topological polar surface area (TPSA) is 84.9 Å². The van der Waals surface area contributed by atoms with Crippen LogP contribution in [0.3, 0.4) is 0 Å². The van der Waals surface area contributed by atoms with Crippen molar-refractivity contribution in [3.05, 3.63) is 54.1 Å². The zero-order valence-corrected chi connectivity index (χ0v) is 15.6. The monoisotopic (exact) mass is 382 g/mol. The lowest BCUT2D eigenvalue weighted by Gasteiger charge is -2.19. The summed E-state index contributed by atoms with van der Waals surface area (Å²) in [6, 6.07) is 14.0. The van der Waals surface area contributed by atoms with Crippen LogP contribution in [0.5, 0.6) is 11.5 Å². The van der Waals surface area contributed by atoms with Gasteiger partial charge in [-0.05, 0) is 30.3 Å². The minimum absolute atomic E-state index is 0.0302. The number of carbonyl (C=O) groups excluding carboxylic acids is 3. The number of hydrogen-bond donors (Lipinski definition) is 1. The normalized spacial score (nSPS) is 12.2. The minimum atomic E-state index is -0.291. The van der Waals surface area contributed by atoms with Gasteiger partial charge >= 0.3 is 0 Å². The minimum Gasteiger partial charge on any atom is -0.486 e. The van der Waals surface area contributed by atoms with Crippen molar-refractivity contribution in [1.82, 2.24) is 4.90 Å². The Morgan fingerprint density at radius 1 is 0.964 bits per heavy atom. The van der Waals surface area contributed by atoms with E-state index in [0.717, 1.165) is 0 Å². The first kappa shape index (κ1) is 19.4. The van der Waals surface area contributed by atoms with E-state index >= 15 is 0 Å². The Bertz CT molecular complexity index is 866. The molecule has 28 heavy (non-hydrogen) atoms. The largest absolute Gasteiger partial charge is 0.486 e. The highest BCUT2D eigenvalue weighted by Crippen LogP contribution is 2.31. The van der Waals surface area contributed by atoms with Crippen LogP contribution in [0.4, 0.5) is 5.69 Å². The molecule has 2 aromatic rings. The molecular weight excluding hydrogens is 360 g/mol. The lowest BCUT2D eigenvalue weighted by Crippen LogP contribution is -2.35. The number of rotatable bonds is 7. The van der Waals surface area contributed by atoms with Crippen molar-refractivity contribution in [2.24, 2.45) is 0 Å². The highest BCUT2D eigenvalue weighted by atomic mass is 16.6. The molecule has 0 unspecified atom stereocenters. The summed E-state index contributed by atoms with van der Waals surface area (Å²) in [4.78, 5) is 38.0. The summed E-state index contributed by atoms with van der Waals surface area (Å²) in [5.41, 5.74) is 1.14. The van der Waals surface area contributed by atoms with E-state index < -0.39 is 0 Å². The summed E-state index contributed by atoms with van der Waals surface area (Å²) >= 11 is 0. The number of benzene rings is 2. The van der Waals surface area contributed by atoms with Gasteiger partial charge in [0.05, 0.1) is 6.54 Å². The Morgan fingerprint density at radius 3 is 2.43 bits per heavy atom. The van der Waals surface area contributed by atoms with Crippen molar-refractivity contribution in [2.75, 3.05) is 32.1 Å². The van der Waals surface area contributed by atoms with Crippen molar-refractivity contribution in [2.45, 2.75) is 12.8 Å². The number of hydrogen-bond acceptors (Lipinski definition) is 5. The molecule has 0 saturated carbocycles. The molecule has 2 amide bonds. The lowest BCUT2D eigenvalue weighted by molar-refractivity contribution is -0.133. The Labute approximate surface area is 163 Å². The maximum absolute atomic E-state index is 12.4. The molecule has 0 atom stereocenters. The number of nitrogens with zero attached hydrogens (tertiary/aromatic N) is 1. The molecule has 0 fully saturated rings. The van der Waals surface area contributed by atoms with Crippen LogP contribution >= 0.6 is 0 Å². The van der Waals surface area contributed by atoms with Crippen LogP contribution in [0.2, 0.25) is 0 Å². The van der Waals surface area contributed by atoms with Gasteiger partial charge in [-0.1, -0.05) is 18.2 Å². The number of anilines is 1. The number of ether oxygens (including phenoxy) is 2. The van der Waals surface area contributed by atoms with Gasteiger partial charge in [-0.25, -0.2) is 0 Å². The van der Waals surface area contributed by atoms with Crippen molar-refractivity contribution in [1.29, 1.82) is 0 Å². The van der Waals surface area contributed by atoms with Crippen molar-refractivity contribution >= 4 is 23.3 Å². The highest BCUT2D eigenvalue weighted by Gasteiger charge is 2.18. The molecule has 0 saturated heterocycles. The van der Waals surface area contributed by atoms with Crippen LogP contribution < -0.4 is 14.8 Å². The zero-order valence-electron chi connectivity index (χ0n) is 15.6. The van der Waals surface area contributed by atoms with Crippen LogP contribution in [-0.2, 0) is 9.59 Å². The second kappa shape index (κ2) is 9.03. The van der Waals surface area contributed by atoms with Gasteiger partial charge in [-0.3, -0.25) is 14.4 Å². The number of para-hydroxylation sites is 1. The highest BCUT2D eigenvalue weighted by molar-refractivity contribution is 5.99. The Kier molecular flexibility index (Phi) is 6.26. The summed E-state index contributed by atoms with van der Waals surface area (Å²) < 4.78 is 10.9. The van der Waals surface area contributed by atoms with Gasteiger partial charge in [-0.2, -0.15) is 0 Å².